The number of hydrogen-bond donors (Lipinski definition) is 1. The van der Waals surface area contributed by atoms with Crippen molar-refractivity contribution in [2.45, 2.75) is 0 Å². The number of aromatic amines is 1. The number of nitrogens with zero attached hydrogens (tertiary/aromatic N) is 3. The highest BCUT2D eigenvalue weighted by molar-refractivity contribution is 6.37. The lowest BCUT2D eigenvalue weighted by atomic mass is 10.3. The molecule has 96 valence electrons. The molecule has 0 atom stereocenters. The van der Waals surface area contributed by atoms with Crippen molar-refractivity contribution >= 4 is 46.0 Å². The standard InChI is InChI=1S/C11H5Cl3N4O/c12-5-2-1-3-6(13)8(5)19-10-7-9(16-4-15-7)17-11(14)18-10/h1-4H,(H,15,16,17,18). The van der Waals surface area contributed by atoms with Crippen LogP contribution in [0.4, 0.5) is 0 Å². The number of ether oxygens (including phenoxy) is 1. The summed E-state index contributed by atoms with van der Waals surface area (Å²) in [4.78, 5) is 14.8. The smallest absolute Gasteiger partial charge is 0.250 e. The Kier molecular flexibility index (Phi) is 3.18. The summed E-state index contributed by atoms with van der Waals surface area (Å²) < 4.78 is 5.62. The van der Waals surface area contributed by atoms with E-state index in [1.165, 1.54) is 6.33 Å². The average Bonchev–Trinajstić information content (AvgIpc) is 2.81. The van der Waals surface area contributed by atoms with Gasteiger partial charge in [-0.1, -0.05) is 29.3 Å². The Balaban J connectivity index is 2.13. The Morgan fingerprint density at radius 1 is 1.05 bits per heavy atom. The van der Waals surface area contributed by atoms with E-state index in [2.05, 4.69) is 19.9 Å². The summed E-state index contributed by atoms with van der Waals surface area (Å²) in [5.74, 6) is 0.513. The zero-order valence-electron chi connectivity index (χ0n) is 9.19. The van der Waals surface area contributed by atoms with Gasteiger partial charge in [0, 0.05) is 0 Å². The minimum Gasteiger partial charge on any atom is -0.434 e. The zero-order chi connectivity index (χ0) is 13.4. The van der Waals surface area contributed by atoms with Crippen LogP contribution >= 0.6 is 34.8 Å². The van der Waals surface area contributed by atoms with E-state index in [0.717, 1.165) is 0 Å². The maximum absolute atomic E-state index is 6.03. The molecule has 3 aromatic rings. The first kappa shape index (κ1) is 12.5. The first-order valence-corrected chi connectivity index (χ1v) is 6.27. The van der Waals surface area contributed by atoms with Gasteiger partial charge in [0.05, 0.1) is 16.4 Å². The van der Waals surface area contributed by atoms with Gasteiger partial charge in [-0.25, -0.2) is 4.98 Å². The van der Waals surface area contributed by atoms with Gasteiger partial charge in [-0.05, 0) is 23.7 Å². The minimum absolute atomic E-state index is 0.0257. The largest absolute Gasteiger partial charge is 0.434 e. The van der Waals surface area contributed by atoms with Crippen LogP contribution in [0.2, 0.25) is 15.3 Å². The maximum atomic E-state index is 6.03. The van der Waals surface area contributed by atoms with Crippen molar-refractivity contribution in [2.24, 2.45) is 0 Å². The molecule has 1 N–H and O–H groups in total. The molecule has 0 saturated carbocycles. The van der Waals surface area contributed by atoms with Gasteiger partial charge in [0.1, 0.15) is 5.52 Å². The van der Waals surface area contributed by atoms with Crippen LogP contribution < -0.4 is 4.74 Å². The fourth-order valence-electron chi connectivity index (χ4n) is 1.53. The normalized spacial score (nSPS) is 10.9. The summed E-state index contributed by atoms with van der Waals surface area (Å²) in [6, 6.07) is 5.04. The van der Waals surface area contributed by atoms with E-state index in [1.54, 1.807) is 18.2 Å². The van der Waals surface area contributed by atoms with E-state index in [4.69, 9.17) is 39.5 Å². The van der Waals surface area contributed by atoms with Gasteiger partial charge in [0.2, 0.25) is 11.2 Å². The first-order chi connectivity index (χ1) is 9.15. The van der Waals surface area contributed by atoms with Crippen LogP contribution in [0.15, 0.2) is 24.5 Å². The van der Waals surface area contributed by atoms with Gasteiger partial charge < -0.3 is 9.72 Å². The number of nitrogens with one attached hydrogen (secondary N) is 1. The number of para-hydroxylation sites is 1. The van der Waals surface area contributed by atoms with Crippen molar-refractivity contribution < 1.29 is 4.74 Å². The van der Waals surface area contributed by atoms with Gasteiger partial charge >= 0.3 is 0 Å². The van der Waals surface area contributed by atoms with Gasteiger partial charge in [-0.15, -0.1) is 0 Å². The van der Waals surface area contributed by atoms with Crippen LogP contribution in [-0.2, 0) is 0 Å². The lowest BCUT2D eigenvalue weighted by Crippen LogP contribution is -1.94. The molecule has 0 fully saturated rings. The molecule has 2 heterocycles. The van der Waals surface area contributed by atoms with E-state index in [-0.39, 0.29) is 11.2 Å². The Morgan fingerprint density at radius 2 is 1.79 bits per heavy atom. The van der Waals surface area contributed by atoms with Gasteiger partial charge in [-0.3, -0.25) is 0 Å². The second kappa shape index (κ2) is 4.85. The number of aromatic nitrogens is 4. The highest BCUT2D eigenvalue weighted by Crippen LogP contribution is 2.37. The summed E-state index contributed by atoms with van der Waals surface area (Å²) in [6.45, 7) is 0. The van der Waals surface area contributed by atoms with Crippen LogP contribution in [0.3, 0.4) is 0 Å². The lowest BCUT2D eigenvalue weighted by molar-refractivity contribution is 0.467. The third kappa shape index (κ3) is 2.32. The molecule has 0 aliphatic rings. The molecule has 0 radical (unpaired) electrons. The summed E-state index contributed by atoms with van der Waals surface area (Å²) in [5, 5.41) is 0.766. The van der Waals surface area contributed by atoms with Crippen molar-refractivity contribution in [3.8, 4) is 11.6 Å². The number of fused-ring (bicyclic) bond motifs is 1. The summed E-state index contributed by atoms with van der Waals surface area (Å²) in [6.07, 6.45) is 1.47. The molecule has 3 rings (SSSR count). The molecule has 1 aromatic carbocycles. The highest BCUT2D eigenvalue weighted by atomic mass is 35.5. The molecule has 0 aliphatic carbocycles. The third-order valence-electron chi connectivity index (χ3n) is 2.34. The predicted octanol–water partition coefficient (Wildman–Crippen LogP) is 4.11. The Hall–Kier alpha value is -1.56. The molecule has 0 spiro atoms. The summed E-state index contributed by atoms with van der Waals surface area (Å²) in [7, 11) is 0. The second-order valence-corrected chi connectivity index (χ2v) is 4.70. The van der Waals surface area contributed by atoms with Crippen LogP contribution in [0, 0.1) is 0 Å². The third-order valence-corrected chi connectivity index (χ3v) is 3.11. The van der Waals surface area contributed by atoms with Crippen LogP contribution in [-0.4, -0.2) is 19.9 Å². The average molecular weight is 316 g/mol. The fraction of sp³-hybridized carbons (Fsp3) is 0. The minimum atomic E-state index is 0.0257. The van der Waals surface area contributed by atoms with Gasteiger partial charge in [0.25, 0.3) is 0 Å². The molecule has 0 bridgehead atoms. The lowest BCUT2D eigenvalue weighted by Gasteiger charge is -2.08. The zero-order valence-corrected chi connectivity index (χ0v) is 11.5. The van der Waals surface area contributed by atoms with Crippen molar-refractivity contribution in [2.75, 3.05) is 0 Å². The molecule has 0 aliphatic heterocycles. The maximum Gasteiger partial charge on any atom is 0.250 e. The van der Waals surface area contributed by atoms with E-state index in [0.29, 0.717) is 27.0 Å². The predicted molar refractivity (Wildman–Crippen MR) is 73.2 cm³/mol. The van der Waals surface area contributed by atoms with Crippen molar-refractivity contribution in [1.29, 1.82) is 0 Å². The Bertz CT molecular complexity index is 739. The van der Waals surface area contributed by atoms with Crippen LogP contribution in [0.25, 0.3) is 11.2 Å². The highest BCUT2D eigenvalue weighted by Gasteiger charge is 2.14. The van der Waals surface area contributed by atoms with Crippen molar-refractivity contribution in [3.63, 3.8) is 0 Å². The number of imidazole rings is 1. The van der Waals surface area contributed by atoms with E-state index >= 15 is 0 Å². The Morgan fingerprint density at radius 3 is 2.53 bits per heavy atom. The summed E-state index contributed by atoms with van der Waals surface area (Å²) in [5.41, 5.74) is 0.915. The van der Waals surface area contributed by atoms with Crippen LogP contribution in [0.5, 0.6) is 11.6 Å². The van der Waals surface area contributed by atoms with Crippen LogP contribution in [0.1, 0.15) is 0 Å². The molecule has 0 saturated heterocycles. The molecule has 2 aromatic heterocycles. The SMILES string of the molecule is Clc1nc(Oc2c(Cl)cccc2Cl)c2[nH]cnc2n1. The number of H-pyrrole nitrogens is 1. The molecular formula is C11H5Cl3N4O. The number of halogens is 3. The van der Waals surface area contributed by atoms with Gasteiger partial charge in [0.15, 0.2) is 11.4 Å². The Labute approximate surface area is 122 Å². The number of hydrogen-bond acceptors (Lipinski definition) is 4. The first-order valence-electron chi connectivity index (χ1n) is 5.13. The van der Waals surface area contributed by atoms with E-state index in [9.17, 15) is 0 Å². The summed E-state index contributed by atoms with van der Waals surface area (Å²) >= 11 is 17.9. The molecule has 0 amide bonds. The van der Waals surface area contributed by atoms with E-state index in [1.807, 2.05) is 0 Å². The molecular weight excluding hydrogens is 311 g/mol. The molecule has 8 heteroatoms. The fourth-order valence-corrected chi connectivity index (χ4v) is 2.16. The van der Waals surface area contributed by atoms with E-state index < -0.39 is 0 Å². The number of rotatable bonds is 2. The monoisotopic (exact) mass is 314 g/mol. The molecule has 0 unspecified atom stereocenters. The van der Waals surface area contributed by atoms with Crippen molar-refractivity contribution in [1.82, 2.24) is 19.9 Å². The second-order valence-electron chi connectivity index (χ2n) is 3.55. The van der Waals surface area contributed by atoms with Crippen molar-refractivity contribution in [3.05, 3.63) is 39.9 Å². The number of benzene rings is 1. The van der Waals surface area contributed by atoms with Gasteiger partial charge in [-0.2, -0.15) is 9.97 Å². The quantitative estimate of drug-likeness (QED) is 0.723. The molecule has 19 heavy (non-hydrogen) atoms. The topological polar surface area (TPSA) is 63.7 Å². The molecule has 5 nitrogen and oxygen atoms in total.